The Kier molecular flexibility index (Phi) is 4.15. The predicted molar refractivity (Wildman–Crippen MR) is 71.6 cm³/mol. The van der Waals surface area contributed by atoms with Crippen LogP contribution in [0.2, 0.25) is 5.02 Å². The molecule has 1 aliphatic rings. The first-order chi connectivity index (χ1) is 8.85. The van der Waals surface area contributed by atoms with Crippen molar-refractivity contribution in [1.29, 1.82) is 0 Å². The van der Waals surface area contributed by atoms with Crippen molar-refractivity contribution in [1.82, 2.24) is 15.1 Å². The zero-order valence-corrected chi connectivity index (χ0v) is 12.1. The quantitative estimate of drug-likeness (QED) is 0.877. The highest BCUT2D eigenvalue weighted by Gasteiger charge is 2.29. The second-order valence-electron chi connectivity index (χ2n) is 4.89. The molecule has 6 nitrogen and oxygen atoms in total. The minimum Gasteiger partial charge on any atom is -0.352 e. The van der Waals surface area contributed by atoms with E-state index >= 15 is 0 Å². The summed E-state index contributed by atoms with van der Waals surface area (Å²) in [5.41, 5.74) is 0. The topological polar surface area (TPSA) is 81.1 Å². The van der Waals surface area contributed by atoms with E-state index in [-0.39, 0.29) is 29.4 Å². The smallest absolute Gasteiger partial charge is 0.224 e. The van der Waals surface area contributed by atoms with Gasteiger partial charge in [0.15, 0.2) is 9.84 Å². The number of carbonyl (C=O) groups is 1. The fourth-order valence-corrected chi connectivity index (χ4v) is 3.88. The minimum absolute atomic E-state index is 0.0407. The molecule has 2 atom stereocenters. The maximum absolute atomic E-state index is 11.9. The van der Waals surface area contributed by atoms with Gasteiger partial charge >= 0.3 is 0 Å². The number of halogens is 1. The van der Waals surface area contributed by atoms with Crippen LogP contribution in [-0.4, -0.2) is 41.7 Å². The monoisotopic (exact) mass is 305 g/mol. The van der Waals surface area contributed by atoms with Crippen LogP contribution in [0.4, 0.5) is 0 Å². The molecule has 1 aromatic heterocycles. The molecule has 0 radical (unpaired) electrons. The molecule has 0 saturated carbocycles. The van der Waals surface area contributed by atoms with Crippen LogP contribution in [0, 0.1) is 5.92 Å². The van der Waals surface area contributed by atoms with Crippen molar-refractivity contribution < 1.29 is 13.2 Å². The molecule has 1 aliphatic heterocycles. The number of aromatic nitrogens is 2. The van der Waals surface area contributed by atoms with Gasteiger partial charge in [0, 0.05) is 12.2 Å². The standard InChI is InChI=1S/C11H16ClN3O3S/c1-8(5-15-6-9(12)4-13-15)11(16)14-10-2-3-19(17,18)7-10/h4,6,8,10H,2-3,5,7H2,1H3,(H,14,16)/t8-,10-/m0/s1. The fourth-order valence-electron chi connectivity index (χ4n) is 2.05. The number of nitrogens with one attached hydrogen (secondary N) is 1. The molecule has 1 amide bonds. The van der Waals surface area contributed by atoms with Gasteiger partial charge in [-0.15, -0.1) is 0 Å². The lowest BCUT2D eigenvalue weighted by atomic mass is 10.1. The molecule has 0 aliphatic carbocycles. The van der Waals surface area contributed by atoms with Gasteiger partial charge in [-0.25, -0.2) is 8.42 Å². The first-order valence-corrected chi connectivity index (χ1v) is 8.24. The van der Waals surface area contributed by atoms with E-state index in [2.05, 4.69) is 10.4 Å². The van der Waals surface area contributed by atoms with Crippen molar-refractivity contribution >= 4 is 27.3 Å². The molecule has 0 spiro atoms. The van der Waals surface area contributed by atoms with Crippen LogP contribution in [0.1, 0.15) is 13.3 Å². The molecular weight excluding hydrogens is 290 g/mol. The molecule has 0 bridgehead atoms. The van der Waals surface area contributed by atoms with Crippen molar-refractivity contribution in [2.24, 2.45) is 5.92 Å². The Labute approximate surface area is 117 Å². The van der Waals surface area contributed by atoms with Gasteiger partial charge in [-0.05, 0) is 6.42 Å². The number of nitrogens with zero attached hydrogens (tertiary/aromatic N) is 2. The first-order valence-electron chi connectivity index (χ1n) is 6.04. The van der Waals surface area contributed by atoms with Crippen LogP contribution in [0.3, 0.4) is 0 Å². The summed E-state index contributed by atoms with van der Waals surface area (Å²) in [5, 5.41) is 7.29. The zero-order valence-electron chi connectivity index (χ0n) is 10.5. The normalized spacial score (nSPS) is 23.2. The summed E-state index contributed by atoms with van der Waals surface area (Å²) >= 11 is 5.74. The summed E-state index contributed by atoms with van der Waals surface area (Å²) in [6.07, 6.45) is 3.65. The second-order valence-corrected chi connectivity index (χ2v) is 7.56. The Hall–Kier alpha value is -1.08. The van der Waals surface area contributed by atoms with E-state index in [0.29, 0.717) is 18.0 Å². The summed E-state index contributed by atoms with van der Waals surface area (Å²) in [6, 6.07) is -0.263. The van der Waals surface area contributed by atoms with Gasteiger partial charge in [0.2, 0.25) is 5.91 Å². The highest BCUT2D eigenvalue weighted by molar-refractivity contribution is 7.91. The second kappa shape index (κ2) is 5.50. The largest absolute Gasteiger partial charge is 0.352 e. The van der Waals surface area contributed by atoms with Gasteiger partial charge in [-0.3, -0.25) is 9.48 Å². The van der Waals surface area contributed by atoms with Gasteiger partial charge in [0.25, 0.3) is 0 Å². The highest BCUT2D eigenvalue weighted by Crippen LogP contribution is 2.13. The molecule has 2 heterocycles. The van der Waals surface area contributed by atoms with Crippen LogP contribution >= 0.6 is 11.6 Å². The van der Waals surface area contributed by atoms with Gasteiger partial charge in [0.05, 0.1) is 35.2 Å². The highest BCUT2D eigenvalue weighted by atomic mass is 35.5. The number of hydrogen-bond acceptors (Lipinski definition) is 4. The third-order valence-electron chi connectivity index (χ3n) is 3.09. The predicted octanol–water partition coefficient (Wildman–Crippen LogP) is 0.476. The Morgan fingerprint density at radius 2 is 2.42 bits per heavy atom. The first kappa shape index (κ1) is 14.3. The van der Waals surface area contributed by atoms with Crippen molar-refractivity contribution in [2.45, 2.75) is 25.9 Å². The van der Waals surface area contributed by atoms with Crippen molar-refractivity contribution in [3.8, 4) is 0 Å². The number of rotatable bonds is 4. The van der Waals surface area contributed by atoms with Gasteiger partial charge in [-0.2, -0.15) is 5.10 Å². The Balaban J connectivity index is 1.86. The number of hydrogen-bond donors (Lipinski definition) is 1. The average molecular weight is 306 g/mol. The van der Waals surface area contributed by atoms with Crippen LogP contribution in [-0.2, 0) is 21.2 Å². The molecule has 0 unspecified atom stereocenters. The molecular formula is C11H16ClN3O3S. The van der Waals surface area contributed by atoms with E-state index in [1.807, 2.05) is 0 Å². The van der Waals surface area contributed by atoms with E-state index in [9.17, 15) is 13.2 Å². The summed E-state index contributed by atoms with van der Waals surface area (Å²) < 4.78 is 24.2. The summed E-state index contributed by atoms with van der Waals surface area (Å²) in [4.78, 5) is 11.9. The molecule has 1 N–H and O–H groups in total. The number of carbonyl (C=O) groups excluding carboxylic acids is 1. The Morgan fingerprint density at radius 1 is 1.68 bits per heavy atom. The molecule has 2 rings (SSSR count). The van der Waals surface area contributed by atoms with Crippen molar-refractivity contribution in [3.63, 3.8) is 0 Å². The molecule has 1 saturated heterocycles. The van der Waals surface area contributed by atoms with Gasteiger partial charge in [0.1, 0.15) is 0 Å². The maximum atomic E-state index is 11.9. The van der Waals surface area contributed by atoms with Gasteiger partial charge < -0.3 is 5.32 Å². The molecule has 19 heavy (non-hydrogen) atoms. The molecule has 1 aromatic rings. The fraction of sp³-hybridized carbons (Fsp3) is 0.636. The lowest BCUT2D eigenvalue weighted by molar-refractivity contribution is -0.125. The minimum atomic E-state index is -2.97. The van der Waals surface area contributed by atoms with Gasteiger partial charge in [-0.1, -0.05) is 18.5 Å². The molecule has 8 heteroatoms. The van der Waals surface area contributed by atoms with Crippen LogP contribution in [0.5, 0.6) is 0 Å². The SMILES string of the molecule is C[C@@H](Cn1cc(Cl)cn1)C(=O)N[C@H]1CCS(=O)(=O)C1. The summed E-state index contributed by atoms with van der Waals surface area (Å²) in [6.45, 7) is 2.19. The van der Waals surface area contributed by atoms with Crippen molar-refractivity contribution in [3.05, 3.63) is 17.4 Å². The van der Waals surface area contributed by atoms with E-state index in [4.69, 9.17) is 11.6 Å². The van der Waals surface area contributed by atoms with E-state index in [1.54, 1.807) is 17.8 Å². The van der Waals surface area contributed by atoms with E-state index in [1.165, 1.54) is 6.20 Å². The Bertz CT molecular complexity index is 569. The molecule has 1 fully saturated rings. The third kappa shape index (κ3) is 3.94. The average Bonchev–Trinajstić information content (AvgIpc) is 2.85. The number of amides is 1. The Morgan fingerprint density at radius 3 is 2.95 bits per heavy atom. The van der Waals surface area contributed by atoms with Crippen LogP contribution in [0.15, 0.2) is 12.4 Å². The third-order valence-corrected chi connectivity index (χ3v) is 5.05. The van der Waals surface area contributed by atoms with Crippen LogP contribution in [0.25, 0.3) is 0 Å². The lowest BCUT2D eigenvalue weighted by Crippen LogP contribution is -2.40. The molecule has 106 valence electrons. The summed E-state index contributed by atoms with van der Waals surface area (Å²) in [5.74, 6) is -0.256. The lowest BCUT2D eigenvalue weighted by Gasteiger charge is -2.15. The summed E-state index contributed by atoms with van der Waals surface area (Å²) in [7, 11) is -2.97. The molecule has 0 aromatic carbocycles. The van der Waals surface area contributed by atoms with E-state index < -0.39 is 9.84 Å². The van der Waals surface area contributed by atoms with Crippen molar-refractivity contribution in [2.75, 3.05) is 11.5 Å². The maximum Gasteiger partial charge on any atom is 0.224 e. The van der Waals surface area contributed by atoms with Crippen LogP contribution < -0.4 is 5.32 Å². The van der Waals surface area contributed by atoms with E-state index in [0.717, 1.165) is 0 Å². The number of sulfone groups is 1. The zero-order chi connectivity index (χ0) is 14.0.